The van der Waals surface area contributed by atoms with E-state index in [1.165, 1.54) is 4.31 Å². The standard InChI is InChI=1S/C17H27N3O3S/c1-5-12-18-17(21)13-19-14(4)15-8-10-16(11-9-15)24(22,23)20(6-2)7-3/h5,8-11,14,19H,1,6-7,12-13H2,2-4H3,(H,18,21)/t14-/m1/s1. The lowest BCUT2D eigenvalue weighted by Crippen LogP contribution is -2.35. The zero-order valence-electron chi connectivity index (χ0n) is 14.6. The van der Waals surface area contributed by atoms with Gasteiger partial charge in [0.1, 0.15) is 0 Å². The molecule has 6 nitrogen and oxygen atoms in total. The molecule has 0 saturated carbocycles. The molecule has 7 heteroatoms. The van der Waals surface area contributed by atoms with Crippen molar-refractivity contribution in [2.45, 2.75) is 31.7 Å². The fraction of sp³-hybridized carbons (Fsp3) is 0.471. The number of hydrogen-bond donors (Lipinski definition) is 2. The molecule has 1 amide bonds. The molecule has 1 aromatic carbocycles. The topological polar surface area (TPSA) is 78.5 Å². The van der Waals surface area contributed by atoms with Gasteiger partial charge in [-0.25, -0.2) is 8.42 Å². The number of benzene rings is 1. The fourth-order valence-electron chi connectivity index (χ4n) is 2.25. The van der Waals surface area contributed by atoms with Gasteiger partial charge in [-0.3, -0.25) is 4.79 Å². The molecule has 0 aliphatic heterocycles. The van der Waals surface area contributed by atoms with Gasteiger partial charge < -0.3 is 10.6 Å². The Morgan fingerprint density at radius 2 is 1.83 bits per heavy atom. The van der Waals surface area contributed by atoms with Gasteiger partial charge in [-0.05, 0) is 24.6 Å². The van der Waals surface area contributed by atoms with Crippen LogP contribution in [0.1, 0.15) is 32.4 Å². The maximum absolute atomic E-state index is 12.4. The molecule has 134 valence electrons. The largest absolute Gasteiger partial charge is 0.352 e. The molecule has 0 aliphatic rings. The van der Waals surface area contributed by atoms with Gasteiger partial charge in [-0.1, -0.05) is 32.1 Å². The van der Waals surface area contributed by atoms with Crippen LogP contribution >= 0.6 is 0 Å². The molecule has 0 aliphatic carbocycles. The van der Waals surface area contributed by atoms with Crippen LogP contribution in [0, 0.1) is 0 Å². The van der Waals surface area contributed by atoms with E-state index in [1.807, 2.05) is 20.8 Å². The van der Waals surface area contributed by atoms with Gasteiger partial charge in [0, 0.05) is 25.7 Å². The van der Waals surface area contributed by atoms with Crippen molar-refractivity contribution in [3.63, 3.8) is 0 Å². The Hall–Kier alpha value is -1.70. The fourth-order valence-corrected chi connectivity index (χ4v) is 3.71. The van der Waals surface area contributed by atoms with Crippen LogP contribution in [-0.2, 0) is 14.8 Å². The minimum absolute atomic E-state index is 0.0651. The van der Waals surface area contributed by atoms with E-state index < -0.39 is 10.0 Å². The van der Waals surface area contributed by atoms with Gasteiger partial charge in [0.05, 0.1) is 11.4 Å². The second-order valence-corrected chi connectivity index (χ2v) is 7.29. The van der Waals surface area contributed by atoms with Crippen molar-refractivity contribution in [3.05, 3.63) is 42.5 Å². The molecular weight excluding hydrogens is 326 g/mol. The van der Waals surface area contributed by atoms with E-state index in [2.05, 4.69) is 17.2 Å². The highest BCUT2D eigenvalue weighted by Crippen LogP contribution is 2.19. The monoisotopic (exact) mass is 353 g/mol. The summed E-state index contributed by atoms with van der Waals surface area (Å²) in [7, 11) is -3.44. The van der Waals surface area contributed by atoms with Crippen molar-refractivity contribution < 1.29 is 13.2 Å². The molecule has 1 rings (SSSR count). The molecule has 1 aromatic rings. The summed E-state index contributed by atoms with van der Waals surface area (Å²) in [6.07, 6.45) is 1.62. The van der Waals surface area contributed by atoms with Crippen LogP contribution in [0.4, 0.5) is 0 Å². The predicted molar refractivity (Wildman–Crippen MR) is 96.2 cm³/mol. The first-order valence-corrected chi connectivity index (χ1v) is 9.51. The zero-order chi connectivity index (χ0) is 18.2. The number of nitrogens with zero attached hydrogens (tertiary/aromatic N) is 1. The normalized spacial score (nSPS) is 12.8. The molecule has 0 saturated heterocycles. The van der Waals surface area contributed by atoms with E-state index in [4.69, 9.17) is 0 Å². The summed E-state index contributed by atoms with van der Waals surface area (Å²) in [5.74, 6) is -0.109. The van der Waals surface area contributed by atoms with Crippen molar-refractivity contribution in [1.82, 2.24) is 14.9 Å². The number of carbonyl (C=O) groups is 1. The molecule has 1 atom stereocenters. The van der Waals surface area contributed by atoms with Gasteiger partial charge in [-0.2, -0.15) is 4.31 Å². The van der Waals surface area contributed by atoms with Crippen LogP contribution < -0.4 is 10.6 Å². The zero-order valence-corrected chi connectivity index (χ0v) is 15.4. The van der Waals surface area contributed by atoms with Crippen LogP contribution in [0.5, 0.6) is 0 Å². The van der Waals surface area contributed by atoms with Crippen LogP contribution in [0.3, 0.4) is 0 Å². The molecule has 2 N–H and O–H groups in total. The third-order valence-electron chi connectivity index (χ3n) is 3.74. The Labute approximate surface area is 145 Å². The van der Waals surface area contributed by atoms with Gasteiger partial charge >= 0.3 is 0 Å². The molecule has 0 heterocycles. The Morgan fingerprint density at radius 1 is 1.25 bits per heavy atom. The van der Waals surface area contributed by atoms with E-state index in [1.54, 1.807) is 30.3 Å². The lowest BCUT2D eigenvalue weighted by Gasteiger charge is -2.19. The van der Waals surface area contributed by atoms with Gasteiger partial charge in [0.2, 0.25) is 15.9 Å². The Morgan fingerprint density at radius 3 is 2.33 bits per heavy atom. The third kappa shape index (κ3) is 5.43. The van der Waals surface area contributed by atoms with Crippen LogP contribution in [-0.4, -0.2) is 44.8 Å². The van der Waals surface area contributed by atoms with Gasteiger partial charge in [0.25, 0.3) is 0 Å². The summed E-state index contributed by atoms with van der Waals surface area (Å²) < 4.78 is 26.3. The smallest absolute Gasteiger partial charge is 0.243 e. The van der Waals surface area contributed by atoms with Crippen molar-refractivity contribution in [2.24, 2.45) is 0 Å². The summed E-state index contributed by atoms with van der Waals surface area (Å²) in [6.45, 7) is 10.6. The predicted octanol–water partition coefficient (Wildman–Crippen LogP) is 1.67. The Kier molecular flexibility index (Phi) is 8.10. The Bertz CT molecular complexity index is 638. The lowest BCUT2D eigenvalue weighted by molar-refractivity contribution is -0.120. The number of hydrogen-bond acceptors (Lipinski definition) is 4. The minimum atomic E-state index is -3.44. The molecule has 24 heavy (non-hydrogen) atoms. The van der Waals surface area contributed by atoms with E-state index in [0.717, 1.165) is 5.56 Å². The second-order valence-electron chi connectivity index (χ2n) is 5.35. The van der Waals surface area contributed by atoms with Crippen LogP contribution in [0.15, 0.2) is 41.8 Å². The van der Waals surface area contributed by atoms with E-state index in [-0.39, 0.29) is 23.4 Å². The summed E-state index contributed by atoms with van der Waals surface area (Å²) in [5.41, 5.74) is 0.921. The minimum Gasteiger partial charge on any atom is -0.352 e. The van der Waals surface area contributed by atoms with Crippen molar-refractivity contribution in [2.75, 3.05) is 26.2 Å². The number of rotatable bonds is 10. The van der Waals surface area contributed by atoms with Crippen molar-refractivity contribution in [1.29, 1.82) is 0 Å². The number of amides is 1. The highest BCUT2D eigenvalue weighted by Gasteiger charge is 2.21. The molecule has 0 spiro atoms. The maximum Gasteiger partial charge on any atom is 0.243 e. The first-order valence-electron chi connectivity index (χ1n) is 8.07. The highest BCUT2D eigenvalue weighted by atomic mass is 32.2. The molecule has 0 aromatic heterocycles. The second kappa shape index (κ2) is 9.56. The van der Waals surface area contributed by atoms with Crippen LogP contribution in [0.2, 0.25) is 0 Å². The summed E-state index contributed by atoms with van der Waals surface area (Å²) >= 11 is 0. The maximum atomic E-state index is 12.4. The molecule has 0 fully saturated rings. The lowest BCUT2D eigenvalue weighted by atomic mass is 10.1. The van der Waals surface area contributed by atoms with Crippen molar-refractivity contribution >= 4 is 15.9 Å². The average Bonchev–Trinajstić information content (AvgIpc) is 2.58. The first kappa shape index (κ1) is 20.3. The van der Waals surface area contributed by atoms with E-state index in [9.17, 15) is 13.2 Å². The number of nitrogens with one attached hydrogen (secondary N) is 2. The third-order valence-corrected chi connectivity index (χ3v) is 5.80. The first-order chi connectivity index (χ1) is 11.4. The number of sulfonamides is 1. The van der Waals surface area contributed by atoms with Gasteiger partial charge in [-0.15, -0.1) is 6.58 Å². The van der Waals surface area contributed by atoms with Crippen LogP contribution in [0.25, 0.3) is 0 Å². The number of carbonyl (C=O) groups excluding carboxylic acids is 1. The highest BCUT2D eigenvalue weighted by molar-refractivity contribution is 7.89. The molecular formula is C17H27N3O3S. The van der Waals surface area contributed by atoms with E-state index >= 15 is 0 Å². The van der Waals surface area contributed by atoms with Gasteiger partial charge in [0.15, 0.2) is 0 Å². The quantitative estimate of drug-likeness (QED) is 0.627. The van der Waals surface area contributed by atoms with Crippen molar-refractivity contribution in [3.8, 4) is 0 Å². The Balaban J connectivity index is 2.73. The summed E-state index contributed by atoms with van der Waals surface area (Å²) in [5, 5.41) is 5.79. The molecule has 0 bridgehead atoms. The summed E-state index contributed by atoms with van der Waals surface area (Å²) in [6, 6.07) is 6.70. The SMILES string of the molecule is C=CCNC(=O)CN[C@H](C)c1ccc(S(=O)(=O)N(CC)CC)cc1. The van der Waals surface area contributed by atoms with E-state index in [0.29, 0.717) is 19.6 Å². The molecule has 0 radical (unpaired) electrons. The molecule has 0 unspecified atom stereocenters. The summed E-state index contributed by atoms with van der Waals surface area (Å²) in [4.78, 5) is 11.8. The average molecular weight is 353 g/mol.